The van der Waals surface area contributed by atoms with Crippen LogP contribution in [0.15, 0.2) is 12.4 Å². The van der Waals surface area contributed by atoms with Gasteiger partial charge in [0.25, 0.3) is 0 Å². The molecular formula is C45H90N2. The summed E-state index contributed by atoms with van der Waals surface area (Å²) in [5.41, 5.74) is 0. The molecule has 0 saturated carbocycles. The summed E-state index contributed by atoms with van der Waals surface area (Å²) in [6, 6.07) is 0. The van der Waals surface area contributed by atoms with E-state index in [2.05, 4.69) is 43.0 Å². The quantitative estimate of drug-likeness (QED) is 0.0606. The molecule has 0 aromatic carbocycles. The van der Waals surface area contributed by atoms with Crippen LogP contribution in [0.1, 0.15) is 258 Å². The first kappa shape index (κ1) is 44.4. The van der Waals surface area contributed by atoms with Gasteiger partial charge in [-0.3, -0.25) is 0 Å². The van der Waals surface area contributed by atoms with Crippen LogP contribution in [0, 0.1) is 0 Å². The van der Waals surface area contributed by atoms with Crippen molar-refractivity contribution in [1.29, 1.82) is 0 Å². The van der Waals surface area contributed by atoms with Crippen LogP contribution in [0.5, 0.6) is 0 Å². The zero-order valence-electron chi connectivity index (χ0n) is 33.2. The third-order valence-corrected chi connectivity index (χ3v) is 11.1. The zero-order chi connectivity index (χ0) is 33.7. The highest BCUT2D eigenvalue weighted by molar-refractivity contribution is 4.97. The van der Waals surface area contributed by atoms with E-state index in [0.717, 1.165) is 0 Å². The summed E-state index contributed by atoms with van der Waals surface area (Å²) in [6.07, 6.45) is 58.9. The van der Waals surface area contributed by atoms with E-state index in [-0.39, 0.29) is 0 Å². The van der Waals surface area contributed by atoms with E-state index in [1.807, 2.05) is 0 Å². The van der Waals surface area contributed by atoms with Gasteiger partial charge < -0.3 is 9.80 Å². The highest BCUT2D eigenvalue weighted by atomic mass is 15.4. The van der Waals surface area contributed by atoms with E-state index in [1.54, 1.807) is 0 Å². The van der Waals surface area contributed by atoms with Crippen LogP contribution in [0.4, 0.5) is 0 Å². The maximum atomic E-state index is 2.73. The van der Waals surface area contributed by atoms with E-state index in [9.17, 15) is 0 Å². The maximum Gasteiger partial charge on any atom is 0.101 e. The summed E-state index contributed by atoms with van der Waals surface area (Å²) in [6.45, 7) is 9.49. The van der Waals surface area contributed by atoms with Gasteiger partial charge in [0.1, 0.15) is 6.17 Å². The summed E-state index contributed by atoms with van der Waals surface area (Å²) < 4.78 is 0. The predicted molar refractivity (Wildman–Crippen MR) is 214 cm³/mol. The van der Waals surface area contributed by atoms with Crippen LogP contribution in [0.2, 0.25) is 0 Å². The zero-order valence-corrected chi connectivity index (χ0v) is 33.2. The summed E-state index contributed by atoms with van der Waals surface area (Å²) in [7, 11) is 0. The highest BCUT2D eigenvalue weighted by Crippen LogP contribution is 2.24. The van der Waals surface area contributed by atoms with Crippen molar-refractivity contribution < 1.29 is 0 Å². The SMILES string of the molecule is CCCCCCCCCCCCCCCCN1C=CN(CCCCCCCCCCC)C1CCCCCCCCCCCCCCC. The lowest BCUT2D eigenvalue weighted by molar-refractivity contribution is 0.135. The van der Waals surface area contributed by atoms with Gasteiger partial charge in [0.2, 0.25) is 0 Å². The average molecular weight is 659 g/mol. The number of hydrogen-bond acceptors (Lipinski definition) is 2. The standard InChI is InChI=1S/C45H90N2/c1-4-7-10-13-16-19-21-23-25-27-30-33-36-39-42-47-44-43-46(41-38-35-32-29-18-15-12-9-6-3)45(47)40-37-34-31-28-26-24-22-20-17-14-11-8-5-2/h43-45H,4-42H2,1-3H3. The van der Waals surface area contributed by atoms with Crippen molar-refractivity contribution in [2.75, 3.05) is 13.1 Å². The second-order valence-electron chi connectivity index (χ2n) is 15.7. The molecule has 0 spiro atoms. The molecule has 0 aromatic heterocycles. The largest absolute Gasteiger partial charge is 0.356 e. The Labute approximate surface area is 299 Å². The lowest BCUT2D eigenvalue weighted by Gasteiger charge is -2.33. The molecule has 1 unspecified atom stereocenters. The molecule has 0 fully saturated rings. The van der Waals surface area contributed by atoms with Gasteiger partial charge in [-0.2, -0.15) is 0 Å². The summed E-state index contributed by atoms with van der Waals surface area (Å²) >= 11 is 0. The average Bonchev–Trinajstić information content (AvgIpc) is 3.47. The molecule has 0 radical (unpaired) electrons. The minimum absolute atomic E-state index is 0.638. The van der Waals surface area contributed by atoms with Gasteiger partial charge in [-0.05, 0) is 25.7 Å². The monoisotopic (exact) mass is 659 g/mol. The molecule has 0 amide bonds. The second-order valence-corrected chi connectivity index (χ2v) is 15.7. The van der Waals surface area contributed by atoms with Gasteiger partial charge in [-0.25, -0.2) is 0 Å². The first-order chi connectivity index (χ1) is 23.3. The second kappa shape index (κ2) is 36.6. The van der Waals surface area contributed by atoms with Crippen molar-refractivity contribution in [3.05, 3.63) is 12.4 Å². The summed E-state index contributed by atoms with van der Waals surface area (Å²) in [5.74, 6) is 0. The van der Waals surface area contributed by atoms with Crippen molar-refractivity contribution in [3.63, 3.8) is 0 Å². The fraction of sp³-hybridized carbons (Fsp3) is 0.956. The molecule has 0 saturated heterocycles. The lowest BCUT2D eigenvalue weighted by atomic mass is 10.0. The van der Waals surface area contributed by atoms with Crippen molar-refractivity contribution in [2.24, 2.45) is 0 Å². The summed E-state index contributed by atoms with van der Waals surface area (Å²) in [5, 5.41) is 0. The molecule has 2 heteroatoms. The fourth-order valence-electron chi connectivity index (χ4n) is 7.78. The third-order valence-electron chi connectivity index (χ3n) is 11.1. The Bertz CT molecular complexity index is 615. The molecule has 1 atom stereocenters. The molecular weight excluding hydrogens is 569 g/mol. The van der Waals surface area contributed by atoms with Gasteiger partial charge in [-0.1, -0.05) is 233 Å². The van der Waals surface area contributed by atoms with Crippen molar-refractivity contribution >= 4 is 0 Å². The lowest BCUT2D eigenvalue weighted by Crippen LogP contribution is -2.39. The summed E-state index contributed by atoms with van der Waals surface area (Å²) in [4.78, 5) is 5.46. The number of unbranched alkanes of at least 4 members (excludes halogenated alkanes) is 33. The van der Waals surface area contributed by atoms with Crippen LogP contribution >= 0.6 is 0 Å². The smallest absolute Gasteiger partial charge is 0.101 e. The van der Waals surface area contributed by atoms with E-state index >= 15 is 0 Å². The Hall–Kier alpha value is -0.660. The van der Waals surface area contributed by atoms with Crippen molar-refractivity contribution in [3.8, 4) is 0 Å². The molecule has 0 aromatic rings. The van der Waals surface area contributed by atoms with E-state index < -0.39 is 0 Å². The molecule has 1 rings (SSSR count). The molecule has 1 aliphatic heterocycles. The number of nitrogens with zero attached hydrogens (tertiary/aromatic N) is 2. The fourth-order valence-corrected chi connectivity index (χ4v) is 7.78. The van der Waals surface area contributed by atoms with E-state index in [4.69, 9.17) is 0 Å². The van der Waals surface area contributed by atoms with Crippen LogP contribution in [-0.2, 0) is 0 Å². The predicted octanol–water partition coefficient (Wildman–Crippen LogP) is 15.9. The molecule has 2 nitrogen and oxygen atoms in total. The Morgan fingerprint density at radius 2 is 0.489 bits per heavy atom. The molecule has 0 bridgehead atoms. The van der Waals surface area contributed by atoms with E-state index in [1.165, 1.54) is 251 Å². The van der Waals surface area contributed by atoms with Crippen molar-refractivity contribution in [1.82, 2.24) is 9.80 Å². The van der Waals surface area contributed by atoms with Crippen molar-refractivity contribution in [2.45, 2.75) is 265 Å². The van der Waals surface area contributed by atoms with Crippen LogP contribution in [0.3, 0.4) is 0 Å². The Morgan fingerprint density at radius 3 is 0.745 bits per heavy atom. The normalized spacial score (nSPS) is 14.7. The molecule has 280 valence electrons. The number of rotatable bonds is 39. The first-order valence-electron chi connectivity index (χ1n) is 22.5. The van der Waals surface area contributed by atoms with Crippen LogP contribution in [-0.4, -0.2) is 29.1 Å². The van der Waals surface area contributed by atoms with Crippen LogP contribution < -0.4 is 0 Å². The molecule has 0 aliphatic carbocycles. The molecule has 1 heterocycles. The van der Waals surface area contributed by atoms with Gasteiger partial charge in [0.15, 0.2) is 0 Å². The Balaban J connectivity index is 2.20. The van der Waals surface area contributed by atoms with Crippen LogP contribution in [0.25, 0.3) is 0 Å². The maximum absolute atomic E-state index is 2.73. The first-order valence-corrected chi connectivity index (χ1v) is 22.5. The van der Waals surface area contributed by atoms with Gasteiger partial charge in [0.05, 0.1) is 0 Å². The molecule has 1 aliphatic rings. The van der Waals surface area contributed by atoms with E-state index in [0.29, 0.717) is 6.17 Å². The van der Waals surface area contributed by atoms with Gasteiger partial charge in [-0.15, -0.1) is 0 Å². The van der Waals surface area contributed by atoms with Gasteiger partial charge >= 0.3 is 0 Å². The Kier molecular flexibility index (Phi) is 34.6. The Morgan fingerprint density at radius 1 is 0.277 bits per heavy atom. The minimum Gasteiger partial charge on any atom is -0.356 e. The molecule has 47 heavy (non-hydrogen) atoms. The third kappa shape index (κ3) is 28.8. The topological polar surface area (TPSA) is 6.48 Å². The molecule has 0 N–H and O–H groups in total. The highest BCUT2D eigenvalue weighted by Gasteiger charge is 2.24. The number of hydrogen-bond donors (Lipinski definition) is 0. The minimum atomic E-state index is 0.638. The van der Waals surface area contributed by atoms with Gasteiger partial charge in [0, 0.05) is 25.5 Å².